The molecule has 0 atom stereocenters. The number of nitrogens with zero attached hydrogens (tertiary/aromatic N) is 3. The van der Waals surface area contributed by atoms with Crippen molar-refractivity contribution < 1.29 is 9.15 Å². The summed E-state index contributed by atoms with van der Waals surface area (Å²) in [5.74, 6) is 1.98. The Labute approximate surface area is 131 Å². The van der Waals surface area contributed by atoms with Crippen LogP contribution in [0.15, 0.2) is 28.7 Å². The number of likely N-dealkylation sites (N-methyl/N-ethyl adjacent to an activating group) is 1. The zero-order chi connectivity index (χ0) is 15.9. The van der Waals surface area contributed by atoms with Gasteiger partial charge in [-0.15, -0.1) is 5.10 Å². The van der Waals surface area contributed by atoms with Crippen LogP contribution in [-0.4, -0.2) is 37.4 Å². The number of ether oxygens (including phenoxy) is 1. The van der Waals surface area contributed by atoms with Gasteiger partial charge in [0.1, 0.15) is 12.4 Å². The molecule has 6 nitrogen and oxygen atoms in total. The quantitative estimate of drug-likeness (QED) is 0.808. The molecular formula is C16H24N4O2. The van der Waals surface area contributed by atoms with Crippen molar-refractivity contribution in [2.75, 3.05) is 32.1 Å². The van der Waals surface area contributed by atoms with Crippen molar-refractivity contribution in [3.8, 4) is 5.75 Å². The second-order valence-electron chi connectivity index (χ2n) is 5.50. The summed E-state index contributed by atoms with van der Waals surface area (Å²) >= 11 is 0. The first kappa shape index (κ1) is 16.3. The number of anilines is 1. The van der Waals surface area contributed by atoms with Gasteiger partial charge in [-0.3, -0.25) is 0 Å². The van der Waals surface area contributed by atoms with Crippen molar-refractivity contribution in [2.24, 2.45) is 0 Å². The number of hydrogen-bond donors (Lipinski definition) is 1. The van der Waals surface area contributed by atoms with E-state index in [2.05, 4.69) is 41.5 Å². The molecule has 1 aromatic carbocycles. The highest BCUT2D eigenvalue weighted by Crippen LogP contribution is 2.18. The van der Waals surface area contributed by atoms with Crippen LogP contribution in [0.4, 0.5) is 6.01 Å². The zero-order valence-corrected chi connectivity index (χ0v) is 13.7. The lowest BCUT2D eigenvalue weighted by atomic mass is 10.0. The topological polar surface area (TPSA) is 63.4 Å². The Bertz CT molecular complexity index is 566. The first-order valence-electron chi connectivity index (χ1n) is 7.51. The summed E-state index contributed by atoms with van der Waals surface area (Å²) in [6, 6.07) is 8.72. The maximum Gasteiger partial charge on any atom is 0.318 e. The summed E-state index contributed by atoms with van der Waals surface area (Å²) in [7, 11) is 3.74. The van der Waals surface area contributed by atoms with Gasteiger partial charge in [0, 0.05) is 7.05 Å². The van der Waals surface area contributed by atoms with E-state index >= 15 is 0 Å². The van der Waals surface area contributed by atoms with Crippen LogP contribution >= 0.6 is 0 Å². The van der Waals surface area contributed by atoms with Crippen LogP contribution in [0.1, 0.15) is 31.2 Å². The second kappa shape index (κ2) is 7.79. The highest BCUT2D eigenvalue weighted by Gasteiger charge is 2.10. The van der Waals surface area contributed by atoms with E-state index < -0.39 is 0 Å². The molecule has 0 aliphatic heterocycles. The molecule has 0 unspecified atom stereocenters. The molecule has 2 aromatic rings. The Balaban J connectivity index is 1.79. The average molecular weight is 304 g/mol. The van der Waals surface area contributed by atoms with E-state index in [0.29, 0.717) is 37.5 Å². The Kier molecular flexibility index (Phi) is 5.77. The fourth-order valence-corrected chi connectivity index (χ4v) is 1.97. The van der Waals surface area contributed by atoms with Crippen LogP contribution in [0.5, 0.6) is 5.75 Å². The van der Waals surface area contributed by atoms with Gasteiger partial charge in [0.15, 0.2) is 0 Å². The Morgan fingerprint density at radius 2 is 1.95 bits per heavy atom. The highest BCUT2D eigenvalue weighted by molar-refractivity contribution is 5.29. The fourth-order valence-electron chi connectivity index (χ4n) is 1.97. The molecule has 0 bridgehead atoms. The van der Waals surface area contributed by atoms with Gasteiger partial charge in [0.05, 0.1) is 13.1 Å². The van der Waals surface area contributed by atoms with Crippen LogP contribution in [0.3, 0.4) is 0 Å². The summed E-state index contributed by atoms with van der Waals surface area (Å²) in [4.78, 5) is 1.88. The van der Waals surface area contributed by atoms with Crippen LogP contribution in [0, 0.1) is 0 Å². The van der Waals surface area contributed by atoms with Crippen LogP contribution < -0.4 is 15.0 Å². The minimum atomic E-state index is 0.504. The molecule has 0 fully saturated rings. The maximum atomic E-state index is 5.74. The van der Waals surface area contributed by atoms with Crippen LogP contribution in [0.2, 0.25) is 0 Å². The van der Waals surface area contributed by atoms with Crippen molar-refractivity contribution in [3.63, 3.8) is 0 Å². The van der Waals surface area contributed by atoms with Gasteiger partial charge in [-0.2, -0.15) is 0 Å². The van der Waals surface area contributed by atoms with Gasteiger partial charge in [0.25, 0.3) is 0 Å². The molecule has 1 N–H and O–H groups in total. The van der Waals surface area contributed by atoms with Crippen LogP contribution in [0.25, 0.3) is 0 Å². The van der Waals surface area contributed by atoms with Crippen molar-refractivity contribution in [3.05, 3.63) is 35.7 Å². The number of nitrogens with one attached hydrogen (secondary N) is 1. The molecule has 0 aliphatic rings. The zero-order valence-electron chi connectivity index (χ0n) is 13.7. The number of aromatic nitrogens is 2. The molecular weight excluding hydrogens is 280 g/mol. The van der Waals surface area contributed by atoms with Crippen molar-refractivity contribution >= 4 is 6.01 Å². The number of rotatable bonds is 8. The molecule has 6 heteroatoms. The minimum absolute atomic E-state index is 0.504. The Morgan fingerprint density at radius 1 is 1.23 bits per heavy atom. The normalized spacial score (nSPS) is 11.0. The van der Waals surface area contributed by atoms with E-state index in [4.69, 9.17) is 9.15 Å². The summed E-state index contributed by atoms with van der Waals surface area (Å²) in [6.45, 7) is 6.16. The summed E-state index contributed by atoms with van der Waals surface area (Å²) in [5.41, 5.74) is 1.31. The molecule has 0 aliphatic carbocycles. The maximum absolute atomic E-state index is 5.74. The van der Waals surface area contributed by atoms with E-state index in [1.807, 2.05) is 31.1 Å². The third kappa shape index (κ3) is 4.46. The molecule has 120 valence electrons. The molecule has 2 rings (SSSR count). The first-order valence-corrected chi connectivity index (χ1v) is 7.51. The third-order valence-corrected chi connectivity index (χ3v) is 3.35. The first-order chi connectivity index (χ1) is 10.6. The van der Waals surface area contributed by atoms with Gasteiger partial charge >= 0.3 is 6.01 Å². The van der Waals surface area contributed by atoms with Gasteiger partial charge in [-0.1, -0.05) is 31.1 Å². The van der Waals surface area contributed by atoms with Gasteiger partial charge in [0.2, 0.25) is 5.89 Å². The van der Waals surface area contributed by atoms with Crippen LogP contribution in [-0.2, 0) is 6.54 Å². The van der Waals surface area contributed by atoms with Crippen molar-refractivity contribution in [2.45, 2.75) is 26.3 Å². The predicted molar refractivity (Wildman–Crippen MR) is 86.4 cm³/mol. The average Bonchev–Trinajstić information content (AvgIpc) is 2.97. The van der Waals surface area contributed by atoms with E-state index in [0.717, 1.165) is 5.75 Å². The number of benzene rings is 1. The largest absolute Gasteiger partial charge is 0.492 e. The summed E-state index contributed by atoms with van der Waals surface area (Å²) in [5, 5.41) is 10.9. The fraction of sp³-hybridized carbons (Fsp3) is 0.500. The SMILES string of the molecule is CNCc1nnc(N(C)CCOc2ccc(C(C)C)cc2)o1. The molecule has 0 radical (unpaired) electrons. The second-order valence-corrected chi connectivity index (χ2v) is 5.50. The Morgan fingerprint density at radius 3 is 2.59 bits per heavy atom. The lowest BCUT2D eigenvalue weighted by molar-refractivity contribution is 0.322. The lowest BCUT2D eigenvalue weighted by Gasteiger charge is -2.14. The molecule has 1 heterocycles. The Hall–Kier alpha value is -2.08. The third-order valence-electron chi connectivity index (χ3n) is 3.35. The standard InChI is InChI=1S/C16H24N4O2/c1-12(2)13-5-7-14(8-6-13)21-10-9-20(4)16-19-18-15(22-16)11-17-3/h5-8,12,17H,9-11H2,1-4H3. The molecule has 0 spiro atoms. The van der Waals surface area contributed by atoms with Crippen molar-refractivity contribution in [1.82, 2.24) is 15.5 Å². The number of hydrogen-bond acceptors (Lipinski definition) is 6. The van der Waals surface area contributed by atoms with Crippen molar-refractivity contribution in [1.29, 1.82) is 0 Å². The van der Waals surface area contributed by atoms with Gasteiger partial charge in [-0.25, -0.2) is 0 Å². The van der Waals surface area contributed by atoms with Gasteiger partial charge < -0.3 is 19.4 Å². The van der Waals surface area contributed by atoms with E-state index in [-0.39, 0.29) is 0 Å². The molecule has 0 saturated carbocycles. The molecule has 22 heavy (non-hydrogen) atoms. The monoisotopic (exact) mass is 304 g/mol. The lowest BCUT2D eigenvalue weighted by Crippen LogP contribution is -2.24. The molecule has 0 saturated heterocycles. The predicted octanol–water partition coefficient (Wildman–Crippen LogP) is 2.43. The highest BCUT2D eigenvalue weighted by atomic mass is 16.5. The molecule has 1 aromatic heterocycles. The van der Waals surface area contributed by atoms with E-state index in [1.54, 1.807) is 0 Å². The summed E-state index contributed by atoms with van der Waals surface area (Å²) in [6.07, 6.45) is 0. The summed E-state index contributed by atoms with van der Waals surface area (Å²) < 4.78 is 11.3. The minimum Gasteiger partial charge on any atom is -0.492 e. The van der Waals surface area contributed by atoms with Gasteiger partial charge in [-0.05, 0) is 30.7 Å². The smallest absolute Gasteiger partial charge is 0.318 e. The van der Waals surface area contributed by atoms with E-state index in [9.17, 15) is 0 Å². The molecule has 0 amide bonds. The van der Waals surface area contributed by atoms with E-state index in [1.165, 1.54) is 5.56 Å².